The average Bonchev–Trinajstić information content (AvgIpc) is 1.68. The van der Waals surface area contributed by atoms with Gasteiger partial charge in [0.2, 0.25) is 0 Å². The normalized spacial score (nSPS) is 10.3. The molecule has 0 amide bonds. The van der Waals surface area contributed by atoms with Gasteiger partial charge in [0.1, 0.15) is 0 Å². The quantitative estimate of drug-likeness (QED) is 0.516. The van der Waals surface area contributed by atoms with Crippen LogP contribution >= 0.6 is 11.8 Å². The summed E-state index contributed by atoms with van der Waals surface area (Å²) in [4.78, 5) is 0. The Morgan fingerprint density at radius 1 is 1.43 bits per heavy atom. The van der Waals surface area contributed by atoms with Crippen molar-refractivity contribution >= 4 is 11.8 Å². The molecule has 0 saturated heterocycles. The largest absolute Gasteiger partial charge is 0.220 e. The van der Waals surface area contributed by atoms with Crippen molar-refractivity contribution in [1.82, 2.24) is 4.42 Å². The lowest BCUT2D eigenvalue weighted by Gasteiger charge is -2.06. The van der Waals surface area contributed by atoms with Crippen LogP contribution in [0.1, 0.15) is 20.3 Å². The smallest absolute Gasteiger partial charge is 0.0136 e. The Labute approximate surface area is 50.4 Å². The van der Waals surface area contributed by atoms with Gasteiger partial charge in [-0.25, -0.2) is 4.42 Å². The van der Waals surface area contributed by atoms with Gasteiger partial charge in [0.25, 0.3) is 0 Å². The SMILES string of the molecule is CCCN(Cl)CC. The van der Waals surface area contributed by atoms with Crippen LogP contribution < -0.4 is 0 Å². The van der Waals surface area contributed by atoms with Crippen molar-refractivity contribution < 1.29 is 0 Å². The number of hydrogen-bond acceptors (Lipinski definition) is 1. The Kier molecular flexibility index (Phi) is 4.57. The summed E-state index contributed by atoms with van der Waals surface area (Å²) >= 11 is 5.60. The molecule has 0 aliphatic rings. The summed E-state index contributed by atoms with van der Waals surface area (Å²) in [7, 11) is 0. The minimum Gasteiger partial charge on any atom is -0.220 e. The Morgan fingerprint density at radius 3 is 2.14 bits per heavy atom. The zero-order chi connectivity index (χ0) is 5.70. The Balaban J connectivity index is 2.83. The number of hydrogen-bond donors (Lipinski definition) is 0. The highest BCUT2D eigenvalue weighted by molar-refractivity contribution is 6.13. The van der Waals surface area contributed by atoms with Gasteiger partial charge >= 0.3 is 0 Å². The third-order valence-corrected chi connectivity index (χ3v) is 1.22. The second-order valence-corrected chi connectivity index (χ2v) is 1.98. The highest BCUT2D eigenvalue weighted by atomic mass is 35.5. The molecule has 0 spiro atoms. The van der Waals surface area contributed by atoms with Gasteiger partial charge in [0.05, 0.1) is 0 Å². The molecule has 0 aromatic rings. The molecule has 0 aliphatic carbocycles. The minimum atomic E-state index is 0.940. The van der Waals surface area contributed by atoms with E-state index >= 15 is 0 Å². The summed E-state index contributed by atoms with van der Waals surface area (Å²) in [5, 5.41) is 0. The van der Waals surface area contributed by atoms with Gasteiger partial charge in [-0.2, -0.15) is 0 Å². The van der Waals surface area contributed by atoms with Gasteiger partial charge in [0.15, 0.2) is 0 Å². The maximum atomic E-state index is 5.60. The summed E-state index contributed by atoms with van der Waals surface area (Å²) in [5.41, 5.74) is 0. The molecule has 0 heterocycles. The molecule has 0 aromatic carbocycles. The van der Waals surface area contributed by atoms with Crippen LogP contribution in [0.3, 0.4) is 0 Å². The molecule has 0 aliphatic heterocycles. The van der Waals surface area contributed by atoms with E-state index in [4.69, 9.17) is 11.8 Å². The van der Waals surface area contributed by atoms with Crippen LogP contribution in [0.4, 0.5) is 0 Å². The molecule has 0 bridgehead atoms. The Bertz CT molecular complexity index is 39.1. The fourth-order valence-corrected chi connectivity index (χ4v) is 0.570. The molecular weight excluding hydrogens is 110 g/mol. The van der Waals surface area contributed by atoms with E-state index in [-0.39, 0.29) is 0 Å². The van der Waals surface area contributed by atoms with Crippen molar-refractivity contribution in [2.45, 2.75) is 20.3 Å². The third-order valence-electron chi connectivity index (χ3n) is 0.809. The van der Waals surface area contributed by atoms with Crippen LogP contribution in [-0.4, -0.2) is 17.5 Å². The van der Waals surface area contributed by atoms with Crippen LogP contribution in [-0.2, 0) is 0 Å². The highest BCUT2D eigenvalue weighted by Gasteiger charge is 1.89. The average molecular weight is 122 g/mol. The second-order valence-electron chi connectivity index (χ2n) is 1.50. The van der Waals surface area contributed by atoms with Crippen molar-refractivity contribution in [2.24, 2.45) is 0 Å². The fourth-order valence-electron chi connectivity index (χ4n) is 0.401. The van der Waals surface area contributed by atoms with E-state index in [0.29, 0.717) is 0 Å². The van der Waals surface area contributed by atoms with E-state index in [0.717, 1.165) is 19.5 Å². The summed E-state index contributed by atoms with van der Waals surface area (Å²) in [6.07, 6.45) is 1.14. The predicted octanol–water partition coefficient (Wildman–Crippen LogP) is 1.87. The molecule has 0 radical (unpaired) electrons. The highest BCUT2D eigenvalue weighted by Crippen LogP contribution is 1.92. The van der Waals surface area contributed by atoms with Gasteiger partial charge in [0, 0.05) is 13.1 Å². The third kappa shape index (κ3) is 4.10. The number of nitrogens with zero attached hydrogens (tertiary/aromatic N) is 1. The molecule has 1 nitrogen and oxygen atoms in total. The zero-order valence-electron chi connectivity index (χ0n) is 4.95. The van der Waals surface area contributed by atoms with Crippen LogP contribution in [0, 0.1) is 0 Å². The molecule has 44 valence electrons. The molecule has 0 rings (SSSR count). The van der Waals surface area contributed by atoms with E-state index in [1.807, 2.05) is 6.92 Å². The van der Waals surface area contributed by atoms with E-state index in [1.54, 1.807) is 4.42 Å². The monoisotopic (exact) mass is 121 g/mol. The van der Waals surface area contributed by atoms with Gasteiger partial charge < -0.3 is 0 Å². The fraction of sp³-hybridized carbons (Fsp3) is 1.00. The van der Waals surface area contributed by atoms with E-state index in [2.05, 4.69) is 6.92 Å². The Morgan fingerprint density at radius 2 is 2.00 bits per heavy atom. The van der Waals surface area contributed by atoms with Gasteiger partial charge in [-0.05, 0) is 18.2 Å². The Hall–Kier alpha value is 0.250. The van der Waals surface area contributed by atoms with Crippen LogP contribution in [0.15, 0.2) is 0 Å². The van der Waals surface area contributed by atoms with Crippen molar-refractivity contribution in [1.29, 1.82) is 0 Å². The first-order valence-electron chi connectivity index (χ1n) is 2.72. The maximum Gasteiger partial charge on any atom is 0.0136 e. The first kappa shape index (κ1) is 7.25. The topological polar surface area (TPSA) is 3.24 Å². The summed E-state index contributed by atoms with van der Waals surface area (Å²) < 4.78 is 1.78. The zero-order valence-corrected chi connectivity index (χ0v) is 5.70. The second kappa shape index (κ2) is 4.41. The van der Waals surface area contributed by atoms with E-state index in [9.17, 15) is 0 Å². The number of halogens is 1. The molecule has 0 fully saturated rings. The standard InChI is InChI=1S/C5H12ClN/c1-3-5-7(6)4-2/h3-5H2,1-2H3. The summed E-state index contributed by atoms with van der Waals surface area (Å²) in [5.74, 6) is 0. The van der Waals surface area contributed by atoms with Gasteiger partial charge in [-0.15, -0.1) is 0 Å². The molecule has 7 heavy (non-hydrogen) atoms. The van der Waals surface area contributed by atoms with Gasteiger partial charge in [-0.1, -0.05) is 13.8 Å². The summed E-state index contributed by atoms with van der Waals surface area (Å²) in [6.45, 7) is 6.10. The summed E-state index contributed by atoms with van der Waals surface area (Å²) in [6, 6.07) is 0. The molecule has 0 saturated carbocycles. The van der Waals surface area contributed by atoms with Crippen molar-refractivity contribution in [3.8, 4) is 0 Å². The molecule has 0 unspecified atom stereocenters. The molecule has 0 aromatic heterocycles. The maximum absolute atomic E-state index is 5.60. The molecule has 2 heteroatoms. The lowest BCUT2D eigenvalue weighted by molar-refractivity contribution is 0.477. The van der Waals surface area contributed by atoms with Crippen LogP contribution in [0.5, 0.6) is 0 Å². The molecule has 0 atom stereocenters. The molecular formula is C5H12ClN. The van der Waals surface area contributed by atoms with Crippen LogP contribution in [0.2, 0.25) is 0 Å². The van der Waals surface area contributed by atoms with E-state index < -0.39 is 0 Å². The lowest BCUT2D eigenvalue weighted by atomic mass is 10.5. The number of rotatable bonds is 3. The first-order chi connectivity index (χ1) is 3.31. The first-order valence-corrected chi connectivity index (χ1v) is 3.05. The predicted molar refractivity (Wildman–Crippen MR) is 33.4 cm³/mol. The molecule has 0 N–H and O–H groups in total. The van der Waals surface area contributed by atoms with Crippen LogP contribution in [0.25, 0.3) is 0 Å². The van der Waals surface area contributed by atoms with E-state index in [1.165, 1.54) is 0 Å². The van der Waals surface area contributed by atoms with Crippen molar-refractivity contribution in [3.63, 3.8) is 0 Å². The van der Waals surface area contributed by atoms with Crippen molar-refractivity contribution in [2.75, 3.05) is 13.1 Å². The van der Waals surface area contributed by atoms with Crippen molar-refractivity contribution in [3.05, 3.63) is 0 Å². The minimum absolute atomic E-state index is 0.940. The lowest BCUT2D eigenvalue weighted by Crippen LogP contribution is -2.10. The van der Waals surface area contributed by atoms with Gasteiger partial charge in [-0.3, -0.25) is 0 Å².